The fraction of sp³-hybridized carbons (Fsp3) is 0.308. The molecule has 0 spiro atoms. The molecule has 0 bridgehead atoms. The number of unbranched alkanes of at least 4 members (excludes halogenated alkanes) is 2. The van der Waals surface area contributed by atoms with Crippen molar-refractivity contribution in [3.05, 3.63) is 84.7 Å². The zero-order chi connectivity index (χ0) is 20.5. The number of aryl methyl sites for hydroxylation is 1. The van der Waals surface area contributed by atoms with E-state index in [1.54, 1.807) is 6.92 Å². The molecule has 1 unspecified atom stereocenters. The van der Waals surface area contributed by atoms with Crippen LogP contribution in [0.3, 0.4) is 0 Å². The van der Waals surface area contributed by atoms with Crippen molar-refractivity contribution in [1.82, 2.24) is 9.97 Å². The zero-order valence-corrected chi connectivity index (χ0v) is 17.2. The third kappa shape index (κ3) is 6.35. The van der Waals surface area contributed by atoms with Crippen LogP contribution >= 0.6 is 0 Å². The summed E-state index contributed by atoms with van der Waals surface area (Å²) in [5, 5.41) is 0. The normalized spacial score (nSPS) is 11.9. The van der Waals surface area contributed by atoms with Crippen LogP contribution in [-0.2, 0) is 12.8 Å². The summed E-state index contributed by atoms with van der Waals surface area (Å²) in [6.45, 7) is 5.41. The maximum Gasteiger partial charge on any atom is 0.159 e. The maximum absolute atomic E-state index is 12.8. The Hall–Kier alpha value is -2.81. The van der Waals surface area contributed by atoms with Gasteiger partial charge < -0.3 is 0 Å². The first kappa shape index (κ1) is 20.9. The molecule has 0 radical (unpaired) electrons. The lowest BCUT2D eigenvalue weighted by Crippen LogP contribution is -1.93. The van der Waals surface area contributed by atoms with E-state index in [0.29, 0.717) is 6.42 Å². The first-order valence-corrected chi connectivity index (χ1v) is 10.4. The van der Waals surface area contributed by atoms with Crippen LogP contribution in [0.5, 0.6) is 0 Å². The molecule has 3 aromatic rings. The Bertz CT molecular complexity index is 882. The fourth-order valence-corrected chi connectivity index (χ4v) is 3.38. The molecule has 0 saturated carbocycles. The van der Waals surface area contributed by atoms with E-state index < -0.39 is 6.17 Å². The van der Waals surface area contributed by atoms with Gasteiger partial charge in [-0.05, 0) is 49.3 Å². The van der Waals surface area contributed by atoms with Crippen molar-refractivity contribution in [3.8, 4) is 22.5 Å². The number of allylic oxidation sites excluding steroid dienone is 1. The molecular formula is C26H29FN2. The van der Waals surface area contributed by atoms with Gasteiger partial charge in [0.2, 0.25) is 0 Å². The minimum Gasteiger partial charge on any atom is -0.248 e. The van der Waals surface area contributed by atoms with Gasteiger partial charge in [0.25, 0.3) is 0 Å². The number of hydrogen-bond donors (Lipinski definition) is 0. The number of hydrogen-bond acceptors (Lipinski definition) is 2. The maximum atomic E-state index is 12.8. The zero-order valence-electron chi connectivity index (χ0n) is 17.2. The van der Waals surface area contributed by atoms with Crippen LogP contribution in [0.15, 0.2) is 73.6 Å². The standard InChI is InChI=1S/C26H29FN2/c1-3-7-21-10-14-23(15-11-21)25-18-28-26(29-19-25)24-16-12-22(13-17-24)9-6-4-5-8-20(2)27/h3,10-20H,1,4-9H2,2H3. The molecular weight excluding hydrogens is 359 g/mol. The second kappa shape index (κ2) is 10.7. The van der Waals surface area contributed by atoms with E-state index in [1.165, 1.54) is 11.1 Å². The molecule has 0 aliphatic rings. The third-order valence-corrected chi connectivity index (χ3v) is 5.10. The summed E-state index contributed by atoms with van der Waals surface area (Å²) >= 11 is 0. The lowest BCUT2D eigenvalue weighted by Gasteiger charge is -2.06. The van der Waals surface area contributed by atoms with Crippen molar-refractivity contribution < 1.29 is 4.39 Å². The van der Waals surface area contributed by atoms with Gasteiger partial charge >= 0.3 is 0 Å². The van der Waals surface area contributed by atoms with Crippen LogP contribution < -0.4 is 0 Å². The largest absolute Gasteiger partial charge is 0.248 e. The molecule has 3 rings (SSSR count). The van der Waals surface area contributed by atoms with Gasteiger partial charge in [0.1, 0.15) is 0 Å². The van der Waals surface area contributed by atoms with Gasteiger partial charge in [-0.3, -0.25) is 0 Å². The Kier molecular flexibility index (Phi) is 7.69. The summed E-state index contributed by atoms with van der Waals surface area (Å²) in [4.78, 5) is 9.11. The Labute approximate surface area is 173 Å². The molecule has 0 aliphatic heterocycles. The smallest absolute Gasteiger partial charge is 0.159 e. The molecule has 0 fully saturated rings. The molecule has 2 nitrogen and oxygen atoms in total. The van der Waals surface area contributed by atoms with Crippen LogP contribution in [0.25, 0.3) is 22.5 Å². The van der Waals surface area contributed by atoms with E-state index in [1.807, 2.05) is 18.5 Å². The van der Waals surface area contributed by atoms with Crippen molar-refractivity contribution >= 4 is 0 Å². The Morgan fingerprint density at radius 2 is 1.45 bits per heavy atom. The fourth-order valence-electron chi connectivity index (χ4n) is 3.38. The van der Waals surface area contributed by atoms with Crippen molar-refractivity contribution in [3.63, 3.8) is 0 Å². The van der Waals surface area contributed by atoms with E-state index in [2.05, 4.69) is 65.1 Å². The molecule has 1 heterocycles. The molecule has 0 aliphatic carbocycles. The van der Waals surface area contributed by atoms with Crippen molar-refractivity contribution in [2.45, 2.75) is 51.6 Å². The summed E-state index contributed by atoms with van der Waals surface area (Å²) in [5.74, 6) is 0.737. The topological polar surface area (TPSA) is 25.8 Å². The molecule has 29 heavy (non-hydrogen) atoms. The van der Waals surface area contributed by atoms with Crippen LogP contribution in [-0.4, -0.2) is 16.1 Å². The lowest BCUT2D eigenvalue weighted by molar-refractivity contribution is 0.330. The highest BCUT2D eigenvalue weighted by Gasteiger charge is 2.04. The molecule has 1 aromatic heterocycles. The predicted octanol–water partition coefficient (Wildman–Crippen LogP) is 7.00. The molecule has 150 valence electrons. The van der Waals surface area contributed by atoms with E-state index in [4.69, 9.17) is 0 Å². The average molecular weight is 389 g/mol. The summed E-state index contributed by atoms with van der Waals surface area (Å²) in [6, 6.07) is 16.9. The molecule has 0 N–H and O–H groups in total. The van der Waals surface area contributed by atoms with E-state index in [-0.39, 0.29) is 0 Å². The summed E-state index contributed by atoms with van der Waals surface area (Å²) < 4.78 is 12.8. The second-order valence-electron chi connectivity index (χ2n) is 7.56. The van der Waals surface area contributed by atoms with Crippen LogP contribution in [0, 0.1) is 0 Å². The van der Waals surface area contributed by atoms with Crippen molar-refractivity contribution in [1.29, 1.82) is 0 Å². The van der Waals surface area contributed by atoms with Gasteiger partial charge in [0, 0.05) is 23.5 Å². The van der Waals surface area contributed by atoms with Gasteiger partial charge in [-0.25, -0.2) is 14.4 Å². The highest BCUT2D eigenvalue weighted by molar-refractivity contribution is 5.64. The number of aromatic nitrogens is 2. The van der Waals surface area contributed by atoms with E-state index in [9.17, 15) is 4.39 Å². The molecule has 0 saturated heterocycles. The van der Waals surface area contributed by atoms with Crippen LogP contribution in [0.2, 0.25) is 0 Å². The molecule has 3 heteroatoms. The van der Waals surface area contributed by atoms with E-state index in [0.717, 1.165) is 54.6 Å². The summed E-state index contributed by atoms with van der Waals surface area (Å²) in [6.07, 6.45) is 10.7. The van der Waals surface area contributed by atoms with Gasteiger partial charge in [0.15, 0.2) is 5.82 Å². The Morgan fingerprint density at radius 1 is 0.828 bits per heavy atom. The minimum absolute atomic E-state index is 0.672. The van der Waals surface area contributed by atoms with Crippen LogP contribution in [0.4, 0.5) is 4.39 Å². The van der Waals surface area contributed by atoms with Crippen molar-refractivity contribution in [2.24, 2.45) is 0 Å². The van der Waals surface area contributed by atoms with Gasteiger partial charge in [-0.1, -0.05) is 67.4 Å². The second-order valence-corrected chi connectivity index (χ2v) is 7.56. The highest BCUT2D eigenvalue weighted by atomic mass is 19.1. The van der Waals surface area contributed by atoms with Gasteiger partial charge in [0.05, 0.1) is 6.17 Å². The van der Waals surface area contributed by atoms with Gasteiger partial charge in [-0.15, -0.1) is 6.58 Å². The summed E-state index contributed by atoms with van der Waals surface area (Å²) in [5.41, 5.74) is 5.70. The van der Waals surface area contributed by atoms with Crippen molar-refractivity contribution in [2.75, 3.05) is 0 Å². The Morgan fingerprint density at radius 3 is 2.07 bits per heavy atom. The lowest BCUT2D eigenvalue weighted by atomic mass is 10.0. The highest BCUT2D eigenvalue weighted by Crippen LogP contribution is 2.22. The monoisotopic (exact) mass is 388 g/mol. The predicted molar refractivity (Wildman–Crippen MR) is 120 cm³/mol. The third-order valence-electron chi connectivity index (χ3n) is 5.10. The molecule has 1 atom stereocenters. The SMILES string of the molecule is C=CCc1ccc(-c2cnc(-c3ccc(CCCCCC(C)F)cc3)nc2)cc1. The van der Waals surface area contributed by atoms with E-state index >= 15 is 0 Å². The first-order valence-electron chi connectivity index (χ1n) is 10.4. The van der Waals surface area contributed by atoms with Crippen LogP contribution in [0.1, 0.15) is 43.7 Å². The number of halogens is 1. The summed E-state index contributed by atoms with van der Waals surface area (Å²) in [7, 11) is 0. The quantitative estimate of drug-likeness (QED) is 0.276. The number of benzene rings is 2. The van der Waals surface area contributed by atoms with Gasteiger partial charge in [-0.2, -0.15) is 0 Å². The minimum atomic E-state index is -0.683. The number of nitrogens with zero attached hydrogens (tertiary/aromatic N) is 2. The number of rotatable bonds is 10. The number of alkyl halides is 1. The molecule has 2 aromatic carbocycles. The molecule has 0 amide bonds. The Balaban J connectivity index is 1.57. The average Bonchev–Trinajstić information content (AvgIpc) is 2.75. The first-order chi connectivity index (χ1) is 14.2.